The van der Waals surface area contributed by atoms with Gasteiger partial charge >= 0.3 is 0 Å². The minimum atomic E-state index is -0.437. The Morgan fingerprint density at radius 1 is 1.35 bits per heavy atom. The second kappa shape index (κ2) is 5.54. The first-order valence-electron chi connectivity index (χ1n) is 7.14. The summed E-state index contributed by atoms with van der Waals surface area (Å²) in [7, 11) is 0. The molecule has 0 atom stereocenters. The molecule has 3 aromatic rings. The average Bonchev–Trinajstić information content (AvgIpc) is 3.04. The summed E-state index contributed by atoms with van der Waals surface area (Å²) in [5.41, 5.74) is 1.30. The van der Waals surface area contributed by atoms with Crippen LogP contribution in [0.4, 0.5) is 10.1 Å². The van der Waals surface area contributed by atoms with Crippen LogP contribution in [0.5, 0.6) is 0 Å². The van der Waals surface area contributed by atoms with Gasteiger partial charge in [0.15, 0.2) is 5.82 Å². The van der Waals surface area contributed by atoms with Crippen LogP contribution in [0.2, 0.25) is 0 Å². The Kier molecular flexibility index (Phi) is 3.38. The van der Waals surface area contributed by atoms with Crippen LogP contribution < -0.4 is 5.32 Å². The van der Waals surface area contributed by atoms with Gasteiger partial charge in [-0.25, -0.2) is 4.39 Å². The molecule has 4 rings (SSSR count). The van der Waals surface area contributed by atoms with Gasteiger partial charge in [-0.1, -0.05) is 0 Å². The third-order valence-corrected chi connectivity index (χ3v) is 4.33. The molecule has 2 aromatic heterocycles. The fourth-order valence-corrected chi connectivity index (χ4v) is 2.95. The van der Waals surface area contributed by atoms with Crippen LogP contribution in [-0.2, 0) is 0 Å². The molecule has 8 heteroatoms. The molecule has 0 bridgehead atoms. The first-order valence-corrected chi connectivity index (χ1v) is 8.08. The van der Waals surface area contributed by atoms with Crippen LogP contribution in [-0.4, -0.2) is 26.1 Å². The largest absolute Gasteiger partial charge is 0.322 e. The number of amides is 1. The molecule has 6 nitrogen and oxygen atoms in total. The highest BCUT2D eigenvalue weighted by Gasteiger charge is 2.30. The van der Waals surface area contributed by atoms with Crippen molar-refractivity contribution in [3.63, 3.8) is 0 Å². The number of carbonyl (C=O) groups excluding carboxylic acids is 1. The molecule has 0 aliphatic heterocycles. The Morgan fingerprint density at radius 2 is 2.22 bits per heavy atom. The van der Waals surface area contributed by atoms with E-state index in [0.29, 0.717) is 17.1 Å². The predicted molar refractivity (Wildman–Crippen MR) is 83.4 cm³/mol. The highest BCUT2D eigenvalue weighted by atomic mass is 32.1. The lowest BCUT2D eigenvalue weighted by atomic mass is 10.2. The quantitative estimate of drug-likeness (QED) is 0.798. The predicted octanol–water partition coefficient (Wildman–Crippen LogP) is 2.99. The Morgan fingerprint density at radius 3 is 2.96 bits per heavy atom. The Balaban J connectivity index is 1.65. The van der Waals surface area contributed by atoms with Crippen molar-refractivity contribution in [2.24, 2.45) is 0 Å². The fraction of sp³-hybridized carbons (Fsp3) is 0.200. The molecule has 1 fully saturated rings. The van der Waals surface area contributed by atoms with Crippen LogP contribution in [0.3, 0.4) is 0 Å². The van der Waals surface area contributed by atoms with E-state index in [1.165, 1.54) is 28.2 Å². The van der Waals surface area contributed by atoms with Crippen LogP contribution >= 0.6 is 11.3 Å². The molecule has 1 aromatic carbocycles. The fourth-order valence-electron chi connectivity index (χ4n) is 2.31. The summed E-state index contributed by atoms with van der Waals surface area (Å²) in [5.74, 6) is 0.273. The van der Waals surface area contributed by atoms with E-state index in [-0.39, 0.29) is 17.5 Å². The summed E-state index contributed by atoms with van der Waals surface area (Å²) >= 11 is 1.44. The number of thiophene rings is 1. The second-order valence-corrected chi connectivity index (χ2v) is 6.14. The molecule has 1 aliphatic carbocycles. The Bertz CT molecular complexity index is 857. The van der Waals surface area contributed by atoms with Crippen molar-refractivity contribution in [1.82, 2.24) is 20.2 Å². The number of hydrogen-bond donors (Lipinski definition) is 1. The van der Waals surface area contributed by atoms with Gasteiger partial charge in [0.2, 0.25) is 0 Å². The van der Waals surface area contributed by atoms with Gasteiger partial charge in [0.25, 0.3) is 5.91 Å². The number of tetrazole rings is 1. The van der Waals surface area contributed by atoms with Gasteiger partial charge in [-0.05, 0) is 52.9 Å². The van der Waals surface area contributed by atoms with E-state index < -0.39 is 5.82 Å². The van der Waals surface area contributed by atoms with Crippen LogP contribution in [0.25, 0.3) is 5.69 Å². The van der Waals surface area contributed by atoms with E-state index >= 15 is 0 Å². The topological polar surface area (TPSA) is 72.7 Å². The molecule has 1 aliphatic rings. The van der Waals surface area contributed by atoms with E-state index in [1.54, 1.807) is 17.5 Å². The molecule has 0 spiro atoms. The van der Waals surface area contributed by atoms with Crippen molar-refractivity contribution >= 4 is 22.9 Å². The van der Waals surface area contributed by atoms with Gasteiger partial charge in [-0.3, -0.25) is 4.79 Å². The minimum absolute atomic E-state index is 0.233. The summed E-state index contributed by atoms with van der Waals surface area (Å²) in [6, 6.07) is 6.10. The van der Waals surface area contributed by atoms with Gasteiger partial charge in [0.05, 0.1) is 5.56 Å². The summed E-state index contributed by atoms with van der Waals surface area (Å²) in [6.07, 6.45) is 2.02. The van der Waals surface area contributed by atoms with Crippen molar-refractivity contribution in [2.75, 3.05) is 5.32 Å². The van der Waals surface area contributed by atoms with E-state index in [0.717, 1.165) is 12.8 Å². The summed E-state index contributed by atoms with van der Waals surface area (Å²) < 4.78 is 15.6. The second-order valence-electron chi connectivity index (χ2n) is 5.36. The maximum Gasteiger partial charge on any atom is 0.256 e. The molecular formula is C15H12FN5OS. The summed E-state index contributed by atoms with van der Waals surface area (Å²) in [4.78, 5) is 12.1. The molecule has 0 saturated heterocycles. The van der Waals surface area contributed by atoms with Gasteiger partial charge in [-0.2, -0.15) is 16.0 Å². The lowest BCUT2D eigenvalue weighted by Crippen LogP contribution is -2.12. The molecule has 1 saturated carbocycles. The van der Waals surface area contributed by atoms with Gasteiger partial charge < -0.3 is 5.32 Å². The summed E-state index contributed by atoms with van der Waals surface area (Å²) in [5, 5.41) is 17.8. The first kappa shape index (κ1) is 14.0. The highest BCUT2D eigenvalue weighted by molar-refractivity contribution is 7.08. The van der Waals surface area contributed by atoms with Gasteiger partial charge in [0.1, 0.15) is 11.5 Å². The number of hydrogen-bond acceptors (Lipinski definition) is 5. The normalized spacial score (nSPS) is 14.0. The van der Waals surface area contributed by atoms with E-state index in [4.69, 9.17) is 0 Å². The third-order valence-electron chi connectivity index (χ3n) is 3.65. The zero-order valence-electron chi connectivity index (χ0n) is 11.9. The zero-order chi connectivity index (χ0) is 15.8. The molecule has 1 amide bonds. The van der Waals surface area contributed by atoms with E-state index in [1.807, 2.05) is 5.38 Å². The van der Waals surface area contributed by atoms with Crippen LogP contribution in [0.1, 0.15) is 34.9 Å². The maximum atomic E-state index is 14.2. The molecule has 2 heterocycles. The van der Waals surface area contributed by atoms with Crippen LogP contribution in [0.15, 0.2) is 35.0 Å². The highest BCUT2D eigenvalue weighted by Crippen LogP contribution is 2.39. The van der Waals surface area contributed by atoms with Crippen molar-refractivity contribution in [1.29, 1.82) is 0 Å². The van der Waals surface area contributed by atoms with E-state index in [9.17, 15) is 9.18 Å². The lowest BCUT2D eigenvalue weighted by molar-refractivity contribution is 0.102. The number of nitrogens with zero attached hydrogens (tertiary/aromatic N) is 4. The molecule has 1 N–H and O–H groups in total. The van der Waals surface area contributed by atoms with Gasteiger partial charge in [-0.15, -0.1) is 5.10 Å². The monoisotopic (exact) mass is 329 g/mol. The van der Waals surface area contributed by atoms with Gasteiger partial charge in [0, 0.05) is 17.0 Å². The number of benzene rings is 1. The number of carbonyl (C=O) groups is 1. The lowest BCUT2D eigenvalue weighted by Gasteiger charge is -2.09. The number of anilines is 1. The first-order chi connectivity index (χ1) is 11.2. The molecule has 0 radical (unpaired) electrons. The van der Waals surface area contributed by atoms with Crippen molar-refractivity contribution in [2.45, 2.75) is 18.8 Å². The smallest absolute Gasteiger partial charge is 0.256 e. The van der Waals surface area contributed by atoms with Crippen molar-refractivity contribution < 1.29 is 9.18 Å². The molecule has 23 heavy (non-hydrogen) atoms. The molecule has 116 valence electrons. The summed E-state index contributed by atoms with van der Waals surface area (Å²) in [6.45, 7) is 0. The maximum absolute atomic E-state index is 14.2. The standard InChI is InChI=1S/C15H12FN5OS/c16-12-4-3-11(17-15(22)10-5-6-23-8-10)7-13(12)21-14(9-1-2-9)18-19-20-21/h3-9H,1-2H2,(H,17,22). The molecule has 0 unspecified atom stereocenters. The molecular weight excluding hydrogens is 317 g/mol. The average molecular weight is 329 g/mol. The Hall–Kier alpha value is -2.61. The van der Waals surface area contributed by atoms with Crippen molar-refractivity contribution in [3.05, 3.63) is 52.2 Å². The van der Waals surface area contributed by atoms with Crippen molar-refractivity contribution in [3.8, 4) is 5.69 Å². The minimum Gasteiger partial charge on any atom is -0.322 e. The SMILES string of the molecule is O=C(Nc1ccc(F)c(-n2nnnc2C2CC2)c1)c1ccsc1. The number of halogens is 1. The van der Waals surface area contributed by atoms with E-state index in [2.05, 4.69) is 20.8 Å². The Labute approximate surface area is 135 Å². The number of aromatic nitrogens is 4. The number of rotatable bonds is 4. The zero-order valence-corrected chi connectivity index (χ0v) is 12.8. The number of nitrogens with one attached hydrogen (secondary N) is 1. The third kappa shape index (κ3) is 2.72. The van der Waals surface area contributed by atoms with Crippen LogP contribution in [0, 0.1) is 5.82 Å².